The average Bonchev–Trinajstić information content (AvgIpc) is 2.37. The molecule has 1 heterocycles. The van der Waals surface area contributed by atoms with Crippen LogP contribution in [0.25, 0.3) is 11.3 Å². The van der Waals surface area contributed by atoms with E-state index in [9.17, 15) is 9.18 Å². The van der Waals surface area contributed by atoms with Crippen LogP contribution in [-0.2, 0) is 4.74 Å². The summed E-state index contributed by atoms with van der Waals surface area (Å²) in [5, 5.41) is 0. The van der Waals surface area contributed by atoms with Crippen molar-refractivity contribution in [1.29, 1.82) is 0 Å². The predicted molar refractivity (Wildman–Crippen MR) is 68.2 cm³/mol. The van der Waals surface area contributed by atoms with E-state index in [1.165, 1.54) is 7.11 Å². The molecule has 0 aliphatic carbocycles. The third-order valence-corrected chi connectivity index (χ3v) is 2.66. The molecule has 0 spiro atoms. The molecule has 0 N–H and O–H groups in total. The van der Waals surface area contributed by atoms with E-state index >= 15 is 0 Å². The van der Waals surface area contributed by atoms with Crippen LogP contribution in [0.15, 0.2) is 24.5 Å². The minimum Gasteiger partial charge on any atom is -0.464 e. The summed E-state index contributed by atoms with van der Waals surface area (Å²) in [5.41, 5.74) is 2.34. The van der Waals surface area contributed by atoms with Gasteiger partial charge in [0.1, 0.15) is 12.0 Å². The summed E-state index contributed by atoms with van der Waals surface area (Å²) in [7, 11) is 1.18. The first-order valence-corrected chi connectivity index (χ1v) is 5.70. The highest BCUT2D eigenvalue weighted by atomic mass is 19.1. The number of halogens is 1. The molecule has 0 bridgehead atoms. The maximum atomic E-state index is 14.2. The lowest BCUT2D eigenvalue weighted by atomic mass is 10.0. The first-order chi connectivity index (χ1) is 9.02. The molecule has 0 saturated heterocycles. The van der Waals surface area contributed by atoms with Gasteiger partial charge >= 0.3 is 5.97 Å². The van der Waals surface area contributed by atoms with Crippen LogP contribution in [0, 0.1) is 19.7 Å². The van der Waals surface area contributed by atoms with Gasteiger partial charge in [0.2, 0.25) is 0 Å². The first-order valence-electron chi connectivity index (χ1n) is 5.70. The van der Waals surface area contributed by atoms with E-state index in [4.69, 9.17) is 0 Å². The molecule has 19 heavy (non-hydrogen) atoms. The number of esters is 1. The maximum Gasteiger partial charge on any atom is 0.359 e. The van der Waals surface area contributed by atoms with E-state index in [0.29, 0.717) is 5.56 Å². The smallest absolute Gasteiger partial charge is 0.359 e. The van der Waals surface area contributed by atoms with Crippen LogP contribution < -0.4 is 0 Å². The molecule has 1 aromatic heterocycles. The second kappa shape index (κ2) is 5.14. The minimum absolute atomic E-state index is 0.0993. The minimum atomic E-state index is -0.814. The van der Waals surface area contributed by atoms with Crippen molar-refractivity contribution in [3.05, 3.63) is 47.2 Å². The standard InChI is InChI=1S/C14H13FN2O2/c1-8-4-9(2)6-10(5-8)12-11(15)13(14(18)19-3)17-7-16-12/h4-7H,1-3H3. The van der Waals surface area contributed by atoms with E-state index in [1.54, 1.807) is 12.1 Å². The molecular formula is C14H13FN2O2. The Bertz CT molecular complexity index is 621. The first kappa shape index (κ1) is 13.1. The van der Waals surface area contributed by atoms with Crippen LogP contribution >= 0.6 is 0 Å². The molecule has 0 amide bonds. The SMILES string of the molecule is COC(=O)c1ncnc(-c2cc(C)cc(C)c2)c1F. The zero-order chi connectivity index (χ0) is 14.0. The molecule has 0 aliphatic rings. The zero-order valence-electron chi connectivity index (χ0n) is 10.9. The van der Waals surface area contributed by atoms with Gasteiger partial charge in [-0.1, -0.05) is 17.2 Å². The molecule has 0 radical (unpaired) electrons. The quantitative estimate of drug-likeness (QED) is 0.779. The topological polar surface area (TPSA) is 52.1 Å². The number of carbonyl (C=O) groups excluding carboxylic acids is 1. The van der Waals surface area contributed by atoms with Crippen molar-refractivity contribution in [3.8, 4) is 11.3 Å². The van der Waals surface area contributed by atoms with Crippen LogP contribution in [0.3, 0.4) is 0 Å². The fraction of sp³-hybridized carbons (Fsp3) is 0.214. The Morgan fingerprint density at radius 3 is 2.37 bits per heavy atom. The number of carbonyl (C=O) groups is 1. The molecule has 2 aromatic rings. The van der Waals surface area contributed by atoms with Crippen molar-refractivity contribution in [3.63, 3.8) is 0 Å². The molecule has 4 nitrogen and oxygen atoms in total. The lowest BCUT2D eigenvalue weighted by Crippen LogP contribution is -2.09. The normalized spacial score (nSPS) is 10.3. The number of hydrogen-bond acceptors (Lipinski definition) is 4. The summed E-state index contributed by atoms with van der Waals surface area (Å²) in [6.07, 6.45) is 1.16. The highest BCUT2D eigenvalue weighted by Crippen LogP contribution is 2.24. The number of aryl methyl sites for hydroxylation is 2. The van der Waals surface area contributed by atoms with E-state index in [2.05, 4.69) is 14.7 Å². The zero-order valence-corrected chi connectivity index (χ0v) is 10.9. The molecule has 1 aromatic carbocycles. The molecule has 0 saturated carbocycles. The Kier molecular flexibility index (Phi) is 3.55. The molecule has 0 unspecified atom stereocenters. The lowest BCUT2D eigenvalue weighted by Gasteiger charge is -2.07. The molecule has 5 heteroatoms. The summed E-state index contributed by atoms with van der Waals surface area (Å²) >= 11 is 0. The number of nitrogens with zero attached hydrogens (tertiary/aromatic N) is 2. The van der Waals surface area contributed by atoms with Gasteiger partial charge in [-0.3, -0.25) is 0 Å². The number of ether oxygens (including phenoxy) is 1. The number of benzene rings is 1. The van der Waals surface area contributed by atoms with Gasteiger partial charge in [-0.05, 0) is 26.0 Å². The van der Waals surface area contributed by atoms with Gasteiger partial charge in [0.25, 0.3) is 0 Å². The highest BCUT2D eigenvalue weighted by molar-refractivity contribution is 5.88. The van der Waals surface area contributed by atoms with E-state index < -0.39 is 11.8 Å². The van der Waals surface area contributed by atoms with Gasteiger partial charge in [0.05, 0.1) is 7.11 Å². The molecule has 2 rings (SSSR count). The summed E-state index contributed by atoms with van der Waals surface area (Å²) in [6.45, 7) is 3.83. The van der Waals surface area contributed by atoms with Crippen LogP contribution in [0.1, 0.15) is 21.6 Å². The van der Waals surface area contributed by atoms with Gasteiger partial charge < -0.3 is 4.74 Å². The molecule has 0 fully saturated rings. The number of methoxy groups -OCH3 is 1. The van der Waals surface area contributed by atoms with E-state index in [0.717, 1.165) is 17.5 Å². The Morgan fingerprint density at radius 1 is 1.16 bits per heavy atom. The van der Waals surface area contributed by atoms with Crippen LogP contribution in [0.5, 0.6) is 0 Å². The average molecular weight is 260 g/mol. The second-order valence-corrected chi connectivity index (χ2v) is 4.25. The summed E-state index contributed by atoms with van der Waals surface area (Å²) < 4.78 is 18.7. The fourth-order valence-electron chi connectivity index (χ4n) is 1.92. The van der Waals surface area contributed by atoms with Crippen LogP contribution in [0.2, 0.25) is 0 Å². The van der Waals surface area contributed by atoms with E-state index in [-0.39, 0.29) is 11.4 Å². The highest BCUT2D eigenvalue weighted by Gasteiger charge is 2.19. The van der Waals surface area contributed by atoms with Crippen molar-refractivity contribution in [2.45, 2.75) is 13.8 Å². The van der Waals surface area contributed by atoms with Gasteiger partial charge in [-0.2, -0.15) is 0 Å². The third kappa shape index (κ3) is 2.59. The fourth-order valence-corrected chi connectivity index (χ4v) is 1.92. The third-order valence-electron chi connectivity index (χ3n) is 2.66. The van der Waals surface area contributed by atoms with Crippen molar-refractivity contribution >= 4 is 5.97 Å². The Morgan fingerprint density at radius 2 is 1.79 bits per heavy atom. The number of rotatable bonds is 2. The predicted octanol–water partition coefficient (Wildman–Crippen LogP) is 2.69. The second-order valence-electron chi connectivity index (χ2n) is 4.25. The molecule has 0 aliphatic heterocycles. The molecular weight excluding hydrogens is 247 g/mol. The van der Waals surface area contributed by atoms with Gasteiger partial charge in [0, 0.05) is 5.56 Å². The molecule has 98 valence electrons. The Balaban J connectivity index is 2.60. The monoisotopic (exact) mass is 260 g/mol. The van der Waals surface area contributed by atoms with Crippen molar-refractivity contribution in [2.24, 2.45) is 0 Å². The van der Waals surface area contributed by atoms with E-state index in [1.807, 2.05) is 19.9 Å². The summed E-state index contributed by atoms with van der Waals surface area (Å²) in [4.78, 5) is 18.9. The largest absolute Gasteiger partial charge is 0.464 e. The summed E-state index contributed by atoms with van der Waals surface area (Å²) in [6, 6.07) is 5.59. The lowest BCUT2D eigenvalue weighted by molar-refractivity contribution is 0.0588. The van der Waals surface area contributed by atoms with Crippen LogP contribution in [-0.4, -0.2) is 23.0 Å². The number of hydrogen-bond donors (Lipinski definition) is 0. The Labute approximate surface area is 110 Å². The van der Waals surface area contributed by atoms with Crippen molar-refractivity contribution < 1.29 is 13.9 Å². The van der Waals surface area contributed by atoms with Gasteiger partial charge in [-0.15, -0.1) is 0 Å². The van der Waals surface area contributed by atoms with Crippen molar-refractivity contribution in [2.75, 3.05) is 7.11 Å². The summed E-state index contributed by atoms with van der Waals surface area (Å²) in [5.74, 6) is -1.58. The van der Waals surface area contributed by atoms with Gasteiger partial charge in [0.15, 0.2) is 11.5 Å². The number of aromatic nitrogens is 2. The molecule has 0 atom stereocenters. The van der Waals surface area contributed by atoms with Crippen molar-refractivity contribution in [1.82, 2.24) is 9.97 Å². The Hall–Kier alpha value is -2.30. The maximum absolute atomic E-state index is 14.2. The van der Waals surface area contributed by atoms with Gasteiger partial charge in [-0.25, -0.2) is 19.2 Å². The van der Waals surface area contributed by atoms with Crippen LogP contribution in [0.4, 0.5) is 4.39 Å².